The average molecular weight is 572 g/mol. The van der Waals surface area contributed by atoms with Gasteiger partial charge in [0, 0.05) is 0 Å². The normalized spacial score (nSPS) is 12.8. The number of hydrogen-bond acceptors (Lipinski definition) is 12. The summed E-state index contributed by atoms with van der Waals surface area (Å²) in [6.45, 7) is 6.37. The van der Waals surface area contributed by atoms with E-state index < -0.39 is 5.97 Å². The summed E-state index contributed by atoms with van der Waals surface area (Å²) in [4.78, 5) is 36.6. The predicted octanol–water partition coefficient (Wildman–Crippen LogP) is 0.588. The summed E-state index contributed by atoms with van der Waals surface area (Å²) in [5, 5.41) is 0. The van der Waals surface area contributed by atoms with Crippen molar-refractivity contribution in [2.45, 2.75) is 0 Å². The highest BCUT2D eigenvalue weighted by molar-refractivity contribution is 6.21. The number of fused-ring (bicyclic) bond motifs is 1. The second-order valence-electron chi connectivity index (χ2n) is 8.22. The molecule has 2 rings (SSSR count). The molecule has 0 spiro atoms. The van der Waals surface area contributed by atoms with Gasteiger partial charge in [-0.2, -0.15) is 0 Å². The molecule has 0 atom stereocenters. The number of amides is 2. The number of benzene rings is 1. The van der Waals surface area contributed by atoms with Crippen molar-refractivity contribution < 1.29 is 57.0 Å². The van der Waals surface area contributed by atoms with E-state index in [1.54, 1.807) is 24.3 Å². The highest BCUT2D eigenvalue weighted by atomic mass is 16.6. The summed E-state index contributed by atoms with van der Waals surface area (Å²) in [6, 6.07) is 6.80. The summed E-state index contributed by atoms with van der Waals surface area (Å²) >= 11 is 0. The van der Waals surface area contributed by atoms with Crippen molar-refractivity contribution in [1.82, 2.24) is 4.90 Å². The Morgan fingerprint density at radius 1 is 0.550 bits per heavy atom. The lowest BCUT2D eigenvalue weighted by molar-refractivity contribution is -0.146. The van der Waals surface area contributed by atoms with E-state index in [1.807, 2.05) is 0 Å². The third-order valence-corrected chi connectivity index (χ3v) is 5.39. The number of hydrogen-bond donors (Lipinski definition) is 0. The van der Waals surface area contributed by atoms with Gasteiger partial charge in [-0.1, -0.05) is 12.1 Å². The molecule has 13 heteroatoms. The minimum atomic E-state index is -0.415. The van der Waals surface area contributed by atoms with Crippen molar-refractivity contribution in [3.8, 4) is 0 Å². The molecular weight excluding hydrogens is 530 g/mol. The molecule has 0 unspecified atom stereocenters. The zero-order valence-corrected chi connectivity index (χ0v) is 23.2. The molecule has 0 aliphatic carbocycles. The molecule has 0 N–H and O–H groups in total. The number of nitrogens with zero attached hydrogens (tertiary/aromatic N) is 1. The average Bonchev–Trinajstić information content (AvgIpc) is 3.21. The molecule has 2 amide bonds. The Labute approximate surface area is 234 Å². The van der Waals surface area contributed by atoms with Crippen LogP contribution in [-0.4, -0.2) is 142 Å². The summed E-state index contributed by atoms with van der Waals surface area (Å²) in [7, 11) is 1.31. The lowest BCUT2D eigenvalue weighted by Gasteiger charge is -2.13. The van der Waals surface area contributed by atoms with Gasteiger partial charge in [-0.05, 0) is 12.1 Å². The lowest BCUT2D eigenvalue weighted by Crippen LogP contribution is -2.33. The third-order valence-electron chi connectivity index (χ3n) is 5.39. The van der Waals surface area contributed by atoms with E-state index in [1.165, 1.54) is 12.0 Å². The Hall–Kier alpha value is -2.49. The van der Waals surface area contributed by atoms with E-state index in [0.29, 0.717) is 104 Å². The van der Waals surface area contributed by atoms with Gasteiger partial charge in [0.1, 0.15) is 6.61 Å². The van der Waals surface area contributed by atoms with Gasteiger partial charge < -0.3 is 42.6 Å². The molecular formula is C27H41NO12. The Balaban J connectivity index is 1.23. The van der Waals surface area contributed by atoms with Crippen LogP contribution in [0.5, 0.6) is 0 Å². The molecule has 13 nitrogen and oxygen atoms in total. The fourth-order valence-electron chi connectivity index (χ4n) is 3.35. The van der Waals surface area contributed by atoms with Gasteiger partial charge >= 0.3 is 5.97 Å². The van der Waals surface area contributed by atoms with Gasteiger partial charge in [0.05, 0.1) is 124 Å². The maximum atomic E-state index is 12.3. The molecule has 1 aromatic carbocycles. The molecule has 1 aliphatic heterocycles. The third kappa shape index (κ3) is 14.2. The second-order valence-corrected chi connectivity index (χ2v) is 8.22. The van der Waals surface area contributed by atoms with Crippen molar-refractivity contribution in [3.05, 3.63) is 35.4 Å². The zero-order valence-electron chi connectivity index (χ0n) is 23.2. The molecule has 226 valence electrons. The van der Waals surface area contributed by atoms with Crippen LogP contribution in [0.1, 0.15) is 20.7 Å². The highest BCUT2D eigenvalue weighted by Gasteiger charge is 2.34. The molecule has 1 aliphatic rings. The maximum absolute atomic E-state index is 12.3. The SMILES string of the molecule is COC(=O)COCCOCCOCCOCCOCCOCCOCCOCCN1C(=O)c2ccccc2C1=O. The van der Waals surface area contributed by atoms with E-state index in [9.17, 15) is 14.4 Å². The van der Waals surface area contributed by atoms with Crippen LogP contribution in [0.25, 0.3) is 0 Å². The van der Waals surface area contributed by atoms with Crippen molar-refractivity contribution in [1.29, 1.82) is 0 Å². The molecule has 0 bridgehead atoms. The van der Waals surface area contributed by atoms with Crippen LogP contribution >= 0.6 is 0 Å². The standard InChI is InChI=1S/C27H41NO12/c1-32-25(29)22-40-21-20-39-19-18-38-17-16-37-15-14-36-13-12-35-11-10-34-9-8-33-7-6-28-26(30)23-4-2-3-5-24(23)27(28)31/h2-5H,6-22H2,1H3. The van der Waals surface area contributed by atoms with Gasteiger partial charge in [-0.15, -0.1) is 0 Å². The Kier molecular flexibility index (Phi) is 18.7. The molecule has 40 heavy (non-hydrogen) atoms. The van der Waals surface area contributed by atoms with Crippen molar-refractivity contribution in [2.24, 2.45) is 0 Å². The van der Waals surface area contributed by atoms with E-state index in [0.717, 1.165) is 0 Å². The zero-order chi connectivity index (χ0) is 28.7. The molecule has 0 aromatic heterocycles. The van der Waals surface area contributed by atoms with E-state index in [-0.39, 0.29) is 31.6 Å². The summed E-state index contributed by atoms with van der Waals surface area (Å²) in [5.74, 6) is -0.977. The lowest BCUT2D eigenvalue weighted by atomic mass is 10.1. The number of esters is 1. The van der Waals surface area contributed by atoms with Gasteiger partial charge in [-0.25, -0.2) is 4.79 Å². The van der Waals surface area contributed by atoms with Crippen LogP contribution in [-0.2, 0) is 47.4 Å². The first-order valence-electron chi connectivity index (χ1n) is 13.3. The van der Waals surface area contributed by atoms with Gasteiger partial charge in [0.15, 0.2) is 0 Å². The van der Waals surface area contributed by atoms with Crippen LogP contribution < -0.4 is 0 Å². The van der Waals surface area contributed by atoms with Crippen LogP contribution in [0.4, 0.5) is 0 Å². The first-order valence-corrected chi connectivity index (χ1v) is 13.3. The first kappa shape index (κ1) is 33.7. The summed E-state index contributed by atoms with van der Waals surface area (Å²) in [6.07, 6.45) is 0. The monoisotopic (exact) mass is 571 g/mol. The van der Waals surface area contributed by atoms with Crippen molar-refractivity contribution in [3.63, 3.8) is 0 Å². The van der Waals surface area contributed by atoms with E-state index >= 15 is 0 Å². The van der Waals surface area contributed by atoms with Crippen molar-refractivity contribution >= 4 is 17.8 Å². The molecule has 0 radical (unpaired) electrons. The number of carbonyl (C=O) groups excluding carboxylic acids is 3. The Morgan fingerprint density at radius 2 is 0.875 bits per heavy atom. The summed E-state index contributed by atoms with van der Waals surface area (Å²) < 4.78 is 47.4. The quantitative estimate of drug-likeness (QED) is 0.0874. The van der Waals surface area contributed by atoms with E-state index in [4.69, 9.17) is 37.9 Å². The molecule has 0 fully saturated rings. The molecule has 0 saturated carbocycles. The fraction of sp³-hybridized carbons (Fsp3) is 0.667. The number of carbonyl (C=O) groups is 3. The molecule has 1 aromatic rings. The van der Waals surface area contributed by atoms with Crippen molar-refractivity contribution in [2.75, 3.05) is 119 Å². The van der Waals surface area contributed by atoms with Crippen LogP contribution in [0.3, 0.4) is 0 Å². The number of rotatable bonds is 26. The number of methoxy groups -OCH3 is 1. The Bertz CT molecular complexity index is 818. The van der Waals surface area contributed by atoms with Gasteiger partial charge in [-0.3, -0.25) is 14.5 Å². The van der Waals surface area contributed by atoms with Crippen LogP contribution in [0.2, 0.25) is 0 Å². The maximum Gasteiger partial charge on any atom is 0.331 e. The van der Waals surface area contributed by atoms with E-state index in [2.05, 4.69) is 4.74 Å². The predicted molar refractivity (Wildman–Crippen MR) is 140 cm³/mol. The summed E-state index contributed by atoms with van der Waals surface area (Å²) in [5.41, 5.74) is 0.877. The first-order chi connectivity index (χ1) is 19.6. The minimum absolute atomic E-state index is 0.0779. The fourth-order valence-corrected chi connectivity index (χ4v) is 3.35. The minimum Gasteiger partial charge on any atom is -0.467 e. The highest BCUT2D eigenvalue weighted by Crippen LogP contribution is 2.21. The number of ether oxygens (including phenoxy) is 9. The number of imide groups is 1. The largest absolute Gasteiger partial charge is 0.467 e. The topological polar surface area (TPSA) is 138 Å². The van der Waals surface area contributed by atoms with Crippen LogP contribution in [0.15, 0.2) is 24.3 Å². The molecule has 0 saturated heterocycles. The Morgan fingerprint density at radius 3 is 1.23 bits per heavy atom. The smallest absolute Gasteiger partial charge is 0.331 e. The van der Waals surface area contributed by atoms with Gasteiger partial charge in [0.2, 0.25) is 0 Å². The van der Waals surface area contributed by atoms with Crippen LogP contribution in [0, 0.1) is 0 Å². The second kappa shape index (κ2) is 22.2. The van der Waals surface area contributed by atoms with Gasteiger partial charge in [0.25, 0.3) is 11.8 Å². The molecule has 1 heterocycles.